The summed E-state index contributed by atoms with van der Waals surface area (Å²) in [5, 5.41) is 0. The number of hydrogen-bond donors (Lipinski definition) is 1. The Kier molecular flexibility index (Phi) is 1.47. The zero-order valence-corrected chi connectivity index (χ0v) is 7.14. The maximum absolute atomic E-state index is 11.1. The summed E-state index contributed by atoms with van der Waals surface area (Å²) in [5.74, 6) is -0.283. The predicted molar refractivity (Wildman–Crippen MR) is 42.8 cm³/mol. The Labute approximate surface area is 71.6 Å². The van der Waals surface area contributed by atoms with Gasteiger partial charge < -0.3 is 0 Å². The Balaban J connectivity index is 2.68. The molecule has 1 N–H and O–H groups in total. The van der Waals surface area contributed by atoms with Crippen LogP contribution in [0.3, 0.4) is 0 Å². The van der Waals surface area contributed by atoms with Crippen molar-refractivity contribution in [3.8, 4) is 0 Å². The lowest BCUT2D eigenvalue weighted by molar-refractivity contribution is 0.0985. The van der Waals surface area contributed by atoms with Crippen molar-refractivity contribution in [3.63, 3.8) is 0 Å². The van der Waals surface area contributed by atoms with E-state index in [9.17, 15) is 9.00 Å². The summed E-state index contributed by atoms with van der Waals surface area (Å²) >= 11 is 0. The number of carbonyl (C=O) groups is 1. The Bertz CT molecular complexity index is 389. The molecule has 1 unspecified atom stereocenters. The molecule has 5 heteroatoms. The molecule has 1 aromatic rings. The van der Waals surface area contributed by atoms with Gasteiger partial charge in [0.25, 0.3) is 5.91 Å². The van der Waals surface area contributed by atoms with Crippen molar-refractivity contribution >= 4 is 16.9 Å². The topological polar surface area (TPSA) is 59.1 Å². The lowest BCUT2D eigenvalue weighted by Crippen LogP contribution is -2.15. The minimum atomic E-state index is -1.40. The number of amides is 1. The van der Waals surface area contributed by atoms with Crippen molar-refractivity contribution in [2.24, 2.45) is 0 Å². The molecule has 1 aliphatic heterocycles. The molecule has 1 atom stereocenters. The van der Waals surface area contributed by atoms with E-state index in [0.717, 1.165) is 5.69 Å². The third kappa shape index (κ3) is 0.937. The number of rotatable bonds is 0. The van der Waals surface area contributed by atoms with Crippen LogP contribution >= 0.6 is 0 Å². The lowest BCUT2D eigenvalue weighted by atomic mass is 10.2. The fraction of sp³-hybridized carbons (Fsp3) is 0.143. The minimum Gasteiger partial charge on any atom is -0.268 e. The zero-order valence-electron chi connectivity index (χ0n) is 6.33. The predicted octanol–water partition coefficient (Wildman–Crippen LogP) is 0.156. The van der Waals surface area contributed by atoms with E-state index in [1.165, 1.54) is 6.20 Å². The van der Waals surface area contributed by atoms with Crippen molar-refractivity contribution in [2.75, 3.05) is 0 Å². The van der Waals surface area contributed by atoms with Gasteiger partial charge in [-0.15, -0.1) is 0 Å². The van der Waals surface area contributed by atoms with Gasteiger partial charge in [0.15, 0.2) is 11.0 Å². The highest BCUT2D eigenvalue weighted by Crippen LogP contribution is 2.18. The molecule has 0 saturated carbocycles. The second-order valence-corrected chi connectivity index (χ2v) is 3.70. The molecule has 0 bridgehead atoms. The van der Waals surface area contributed by atoms with Crippen LogP contribution in [0.1, 0.15) is 16.1 Å². The van der Waals surface area contributed by atoms with Gasteiger partial charge in [0.2, 0.25) is 0 Å². The Hall–Kier alpha value is -1.23. The molecule has 0 spiro atoms. The van der Waals surface area contributed by atoms with Crippen LogP contribution in [-0.2, 0) is 11.0 Å². The molecule has 0 aromatic carbocycles. The molecule has 1 aromatic heterocycles. The number of fused-ring (bicyclic) bond motifs is 1. The van der Waals surface area contributed by atoms with E-state index in [1.54, 1.807) is 13.0 Å². The third-order valence-electron chi connectivity index (χ3n) is 1.63. The van der Waals surface area contributed by atoms with E-state index in [-0.39, 0.29) is 5.91 Å². The average molecular weight is 182 g/mol. The molecule has 0 fully saturated rings. The van der Waals surface area contributed by atoms with Crippen molar-refractivity contribution in [1.82, 2.24) is 9.71 Å². The summed E-state index contributed by atoms with van der Waals surface area (Å²) < 4.78 is 13.4. The Morgan fingerprint density at radius 3 is 3.08 bits per heavy atom. The van der Waals surface area contributed by atoms with Crippen LogP contribution in [0.4, 0.5) is 0 Å². The van der Waals surface area contributed by atoms with Gasteiger partial charge in [0.1, 0.15) is 0 Å². The van der Waals surface area contributed by atoms with Gasteiger partial charge in [0, 0.05) is 11.9 Å². The molecule has 2 heterocycles. The fourth-order valence-electron chi connectivity index (χ4n) is 1.07. The number of nitrogens with one attached hydrogen (secondary N) is 1. The van der Waals surface area contributed by atoms with Gasteiger partial charge in [0.05, 0.1) is 10.5 Å². The smallest absolute Gasteiger partial charge is 0.264 e. The summed E-state index contributed by atoms with van der Waals surface area (Å²) in [7, 11) is -1.40. The first-order valence-electron chi connectivity index (χ1n) is 3.38. The normalized spacial score (nSPS) is 20.4. The minimum absolute atomic E-state index is 0.283. The van der Waals surface area contributed by atoms with E-state index < -0.39 is 11.0 Å². The van der Waals surface area contributed by atoms with E-state index in [2.05, 4.69) is 9.71 Å². The maximum atomic E-state index is 11.1. The van der Waals surface area contributed by atoms with Gasteiger partial charge >= 0.3 is 0 Å². The van der Waals surface area contributed by atoms with Gasteiger partial charge in [-0.05, 0) is 13.0 Å². The van der Waals surface area contributed by atoms with Gasteiger partial charge in [-0.2, -0.15) is 0 Å². The standard InChI is InChI=1S/C7H6N2O2S/c1-4-2-5-6(3-8-4)12(11)9-7(5)10/h2-3H,1H3,(H,9,10). The van der Waals surface area contributed by atoms with Gasteiger partial charge in [-0.3, -0.25) is 14.5 Å². The number of pyridine rings is 1. The molecule has 1 aliphatic rings. The molecule has 62 valence electrons. The van der Waals surface area contributed by atoms with Gasteiger partial charge in [-0.1, -0.05) is 0 Å². The van der Waals surface area contributed by atoms with Crippen LogP contribution in [-0.4, -0.2) is 15.1 Å². The molecule has 12 heavy (non-hydrogen) atoms. The second-order valence-electron chi connectivity index (χ2n) is 2.52. The Morgan fingerprint density at radius 1 is 1.58 bits per heavy atom. The average Bonchev–Trinajstić information content (AvgIpc) is 2.28. The molecule has 0 saturated heterocycles. The highest BCUT2D eigenvalue weighted by atomic mass is 32.2. The molecule has 1 amide bonds. The molecular weight excluding hydrogens is 176 g/mol. The molecule has 0 aliphatic carbocycles. The number of hydrogen-bond acceptors (Lipinski definition) is 3. The van der Waals surface area contributed by atoms with Crippen LogP contribution in [0, 0.1) is 6.92 Å². The van der Waals surface area contributed by atoms with E-state index in [0.29, 0.717) is 10.5 Å². The van der Waals surface area contributed by atoms with Crippen LogP contribution in [0.2, 0.25) is 0 Å². The summed E-state index contributed by atoms with van der Waals surface area (Å²) in [6.07, 6.45) is 1.47. The van der Waals surface area contributed by atoms with Crippen LogP contribution < -0.4 is 4.72 Å². The quantitative estimate of drug-likeness (QED) is 0.621. The fourth-order valence-corrected chi connectivity index (χ4v) is 1.95. The first kappa shape index (κ1) is 7.42. The SMILES string of the molecule is Cc1cc2c(cn1)S(=O)NC2=O. The largest absolute Gasteiger partial charge is 0.268 e. The van der Waals surface area contributed by atoms with Crippen molar-refractivity contribution in [2.45, 2.75) is 11.8 Å². The highest BCUT2D eigenvalue weighted by Gasteiger charge is 2.25. The highest BCUT2D eigenvalue weighted by molar-refractivity contribution is 7.84. The first-order chi connectivity index (χ1) is 5.68. The lowest BCUT2D eigenvalue weighted by Gasteiger charge is -1.93. The first-order valence-corrected chi connectivity index (χ1v) is 4.53. The number of carbonyl (C=O) groups excluding carboxylic acids is 1. The number of aromatic nitrogens is 1. The molecule has 0 radical (unpaired) electrons. The van der Waals surface area contributed by atoms with E-state index in [4.69, 9.17) is 0 Å². The van der Waals surface area contributed by atoms with Crippen LogP contribution in [0.25, 0.3) is 0 Å². The summed E-state index contributed by atoms with van der Waals surface area (Å²) in [4.78, 5) is 15.5. The van der Waals surface area contributed by atoms with Crippen LogP contribution in [0.5, 0.6) is 0 Å². The van der Waals surface area contributed by atoms with Gasteiger partial charge in [-0.25, -0.2) is 4.21 Å². The summed E-state index contributed by atoms with van der Waals surface area (Å²) in [5.41, 5.74) is 1.23. The second kappa shape index (κ2) is 2.38. The molecular formula is C7H6N2O2S. The van der Waals surface area contributed by atoms with Crippen molar-refractivity contribution in [3.05, 3.63) is 23.5 Å². The maximum Gasteiger partial charge on any atom is 0.264 e. The number of aryl methyl sites for hydroxylation is 1. The van der Waals surface area contributed by atoms with Crippen LogP contribution in [0.15, 0.2) is 17.2 Å². The molecule has 2 rings (SSSR count). The van der Waals surface area contributed by atoms with Crippen molar-refractivity contribution < 1.29 is 9.00 Å². The monoisotopic (exact) mass is 182 g/mol. The van der Waals surface area contributed by atoms with E-state index in [1.807, 2.05) is 0 Å². The molecule has 4 nitrogen and oxygen atoms in total. The summed E-state index contributed by atoms with van der Waals surface area (Å²) in [6.45, 7) is 1.79. The zero-order chi connectivity index (χ0) is 8.72. The third-order valence-corrected chi connectivity index (χ3v) is 2.73. The summed E-state index contributed by atoms with van der Waals surface area (Å²) in [6, 6.07) is 1.63. The number of nitrogens with zero attached hydrogens (tertiary/aromatic N) is 1. The Morgan fingerprint density at radius 2 is 2.33 bits per heavy atom. The van der Waals surface area contributed by atoms with Crippen molar-refractivity contribution in [1.29, 1.82) is 0 Å². The van der Waals surface area contributed by atoms with E-state index >= 15 is 0 Å².